The maximum absolute atomic E-state index is 12.4. The summed E-state index contributed by atoms with van der Waals surface area (Å²) in [5.41, 5.74) is 4.45. The highest BCUT2D eigenvalue weighted by Crippen LogP contribution is 2.35. The highest BCUT2D eigenvalue weighted by molar-refractivity contribution is 8.00. The Hall–Kier alpha value is -1.99. The molecule has 6 nitrogen and oxygen atoms in total. The minimum Gasteiger partial charge on any atom is -0.384 e. The molecule has 1 aliphatic rings. The number of thioether (sulfide) groups is 1. The van der Waals surface area contributed by atoms with E-state index in [-0.39, 0.29) is 23.2 Å². The first-order chi connectivity index (χ1) is 11.0. The van der Waals surface area contributed by atoms with Crippen LogP contribution in [0, 0.1) is 0 Å². The zero-order valence-electron chi connectivity index (χ0n) is 12.0. The van der Waals surface area contributed by atoms with Crippen LogP contribution in [0.4, 0.5) is 5.82 Å². The molecule has 1 aromatic carbocycles. The van der Waals surface area contributed by atoms with E-state index in [1.54, 1.807) is 18.2 Å². The summed E-state index contributed by atoms with van der Waals surface area (Å²) in [7, 11) is 0. The number of nitrogens with two attached hydrogens (primary N) is 1. The number of nitrogens with one attached hydrogen (secondary N) is 1. The van der Waals surface area contributed by atoms with E-state index in [9.17, 15) is 14.4 Å². The van der Waals surface area contributed by atoms with Crippen molar-refractivity contribution in [2.75, 3.05) is 11.5 Å². The predicted molar refractivity (Wildman–Crippen MR) is 90.5 cm³/mol. The van der Waals surface area contributed by atoms with Crippen molar-refractivity contribution < 1.29 is 4.79 Å². The number of nitrogens with zero attached hydrogens (tertiary/aromatic N) is 1. The van der Waals surface area contributed by atoms with Gasteiger partial charge in [-0.15, -0.1) is 11.8 Å². The quantitative estimate of drug-likeness (QED) is 0.635. The number of carbonyl (C=O) groups excluding carboxylic acids is 1. The van der Waals surface area contributed by atoms with Crippen molar-refractivity contribution >= 4 is 35.0 Å². The number of aromatic nitrogens is 2. The molecular weight excluding hydrogens is 338 g/mol. The van der Waals surface area contributed by atoms with Crippen LogP contribution < -0.4 is 17.0 Å². The molecule has 1 aromatic heterocycles. The van der Waals surface area contributed by atoms with Gasteiger partial charge >= 0.3 is 5.69 Å². The van der Waals surface area contributed by atoms with Gasteiger partial charge in [-0.1, -0.05) is 23.7 Å². The first-order valence-electron chi connectivity index (χ1n) is 7.04. The van der Waals surface area contributed by atoms with Crippen LogP contribution in [0.1, 0.15) is 29.2 Å². The number of Topliss-reactive ketones (excluding diaryl/α,β-unsaturated/α-hetero) is 1. The molecule has 1 saturated carbocycles. The van der Waals surface area contributed by atoms with E-state index in [1.807, 2.05) is 6.07 Å². The monoisotopic (exact) mass is 351 g/mol. The highest BCUT2D eigenvalue weighted by Gasteiger charge is 2.29. The number of hydrogen-bond donors (Lipinski definition) is 2. The Kier molecular flexibility index (Phi) is 4.32. The van der Waals surface area contributed by atoms with Gasteiger partial charge in [-0.05, 0) is 25.0 Å². The Morgan fingerprint density at radius 2 is 2.04 bits per heavy atom. The smallest absolute Gasteiger partial charge is 0.330 e. The second-order valence-electron chi connectivity index (χ2n) is 5.26. The van der Waals surface area contributed by atoms with Gasteiger partial charge in [0, 0.05) is 10.9 Å². The number of ketones is 1. The molecule has 23 heavy (non-hydrogen) atoms. The summed E-state index contributed by atoms with van der Waals surface area (Å²) in [6.07, 6.45) is 1.64. The van der Waals surface area contributed by atoms with E-state index in [0.717, 1.165) is 17.7 Å². The molecule has 3 N–H and O–H groups in total. The molecule has 0 spiro atoms. The third kappa shape index (κ3) is 3.20. The summed E-state index contributed by atoms with van der Waals surface area (Å²) in [4.78, 5) is 39.1. The molecule has 3 rings (SSSR count). The van der Waals surface area contributed by atoms with Crippen molar-refractivity contribution in [1.29, 1.82) is 0 Å². The van der Waals surface area contributed by atoms with E-state index in [2.05, 4.69) is 4.98 Å². The van der Waals surface area contributed by atoms with Crippen molar-refractivity contribution in [3.05, 3.63) is 55.7 Å². The van der Waals surface area contributed by atoms with Crippen molar-refractivity contribution in [2.24, 2.45) is 0 Å². The topological polar surface area (TPSA) is 98.0 Å². The Bertz CT molecular complexity index is 886. The highest BCUT2D eigenvalue weighted by atomic mass is 35.5. The van der Waals surface area contributed by atoms with Crippen LogP contribution in [-0.2, 0) is 0 Å². The van der Waals surface area contributed by atoms with Gasteiger partial charge in [-0.2, -0.15) is 0 Å². The summed E-state index contributed by atoms with van der Waals surface area (Å²) in [5.74, 6) is -0.464. The van der Waals surface area contributed by atoms with E-state index in [0.29, 0.717) is 5.02 Å². The second kappa shape index (κ2) is 6.25. The molecule has 0 atom stereocenters. The van der Waals surface area contributed by atoms with E-state index >= 15 is 0 Å². The molecule has 1 heterocycles. The molecule has 0 saturated heterocycles. The van der Waals surface area contributed by atoms with Crippen LogP contribution in [0.3, 0.4) is 0 Å². The number of rotatable bonds is 5. The minimum atomic E-state index is -0.742. The number of nitrogen functional groups attached to an aromatic ring is 1. The standard InChI is InChI=1S/C15H14ClN3O3S/c16-9-3-1-2-4-11(9)23-7-10(20)12-13(17)19(8-5-6-8)15(22)18-14(12)21/h1-4,8H,5-7,17H2,(H,18,21,22). The average Bonchev–Trinajstić information content (AvgIpc) is 3.30. The van der Waals surface area contributed by atoms with Gasteiger partial charge in [0.25, 0.3) is 5.56 Å². The molecule has 8 heteroatoms. The summed E-state index contributed by atoms with van der Waals surface area (Å²) in [6.45, 7) is 0. The van der Waals surface area contributed by atoms with Gasteiger partial charge in [0.15, 0.2) is 5.78 Å². The van der Waals surface area contributed by atoms with Gasteiger partial charge in [0.05, 0.1) is 10.8 Å². The third-order valence-electron chi connectivity index (χ3n) is 3.57. The van der Waals surface area contributed by atoms with Crippen molar-refractivity contribution in [2.45, 2.75) is 23.8 Å². The lowest BCUT2D eigenvalue weighted by atomic mass is 10.2. The van der Waals surface area contributed by atoms with Crippen LogP contribution in [0.15, 0.2) is 38.8 Å². The maximum atomic E-state index is 12.4. The van der Waals surface area contributed by atoms with Crippen molar-refractivity contribution in [1.82, 2.24) is 9.55 Å². The third-order valence-corrected chi connectivity index (χ3v) is 5.08. The molecule has 0 unspecified atom stereocenters. The molecule has 0 aliphatic heterocycles. The van der Waals surface area contributed by atoms with E-state index < -0.39 is 17.0 Å². The fourth-order valence-corrected chi connectivity index (χ4v) is 3.42. The Balaban J connectivity index is 1.88. The zero-order valence-corrected chi connectivity index (χ0v) is 13.6. The first kappa shape index (κ1) is 15.9. The number of hydrogen-bond acceptors (Lipinski definition) is 5. The minimum absolute atomic E-state index is 0.0138. The van der Waals surface area contributed by atoms with Gasteiger partial charge in [0.1, 0.15) is 11.4 Å². The van der Waals surface area contributed by atoms with Crippen molar-refractivity contribution in [3.63, 3.8) is 0 Å². The van der Waals surface area contributed by atoms with Crippen LogP contribution in [0.5, 0.6) is 0 Å². The summed E-state index contributed by atoms with van der Waals surface area (Å²) in [5, 5.41) is 0.537. The van der Waals surface area contributed by atoms with Gasteiger partial charge in [-0.3, -0.25) is 19.1 Å². The van der Waals surface area contributed by atoms with Crippen LogP contribution in [-0.4, -0.2) is 21.1 Å². The predicted octanol–water partition coefficient (Wildman–Crippen LogP) is 2.08. The molecule has 0 radical (unpaired) electrons. The van der Waals surface area contributed by atoms with Gasteiger partial charge in [0.2, 0.25) is 0 Å². The Morgan fingerprint density at radius 1 is 1.35 bits per heavy atom. The van der Waals surface area contributed by atoms with Crippen LogP contribution >= 0.6 is 23.4 Å². The average molecular weight is 352 g/mol. The van der Waals surface area contributed by atoms with E-state index in [1.165, 1.54) is 16.3 Å². The molecule has 1 aliphatic carbocycles. The largest absolute Gasteiger partial charge is 0.384 e. The van der Waals surface area contributed by atoms with Gasteiger partial charge in [-0.25, -0.2) is 4.79 Å². The molecule has 2 aromatic rings. The van der Waals surface area contributed by atoms with Crippen LogP contribution in [0.25, 0.3) is 0 Å². The number of halogens is 1. The number of anilines is 1. The Morgan fingerprint density at radius 3 is 2.70 bits per heavy atom. The number of aromatic amines is 1. The van der Waals surface area contributed by atoms with Crippen LogP contribution in [0.2, 0.25) is 5.02 Å². The first-order valence-corrected chi connectivity index (χ1v) is 8.40. The number of H-pyrrole nitrogens is 1. The maximum Gasteiger partial charge on any atom is 0.330 e. The Labute approximate surface area is 140 Å². The lowest BCUT2D eigenvalue weighted by Gasteiger charge is -2.11. The molecule has 1 fully saturated rings. The SMILES string of the molecule is Nc1c(C(=O)CSc2ccccc2Cl)c(=O)[nH]c(=O)n1C1CC1. The second-order valence-corrected chi connectivity index (χ2v) is 6.69. The zero-order chi connectivity index (χ0) is 16.6. The summed E-state index contributed by atoms with van der Waals surface area (Å²) >= 11 is 7.27. The fourth-order valence-electron chi connectivity index (χ4n) is 2.31. The molecule has 0 bridgehead atoms. The van der Waals surface area contributed by atoms with Gasteiger partial charge < -0.3 is 5.73 Å². The lowest BCUT2D eigenvalue weighted by molar-refractivity contribution is 0.102. The molecule has 120 valence electrons. The summed E-state index contributed by atoms with van der Waals surface area (Å²) in [6, 6.07) is 7.10. The van der Waals surface area contributed by atoms with Crippen molar-refractivity contribution in [3.8, 4) is 0 Å². The number of carbonyl (C=O) groups is 1. The summed E-state index contributed by atoms with van der Waals surface area (Å²) < 4.78 is 1.30. The van der Waals surface area contributed by atoms with E-state index in [4.69, 9.17) is 17.3 Å². The number of benzene rings is 1. The lowest BCUT2D eigenvalue weighted by Crippen LogP contribution is -2.36. The fraction of sp³-hybridized carbons (Fsp3) is 0.267. The molecule has 0 amide bonds. The molecular formula is C15H14ClN3O3S. The normalized spacial score (nSPS) is 14.0.